The van der Waals surface area contributed by atoms with Crippen LogP contribution in [-0.4, -0.2) is 4.37 Å². The highest BCUT2D eigenvalue weighted by atomic mass is 32.1. The van der Waals surface area contributed by atoms with Gasteiger partial charge in [0.25, 0.3) is 5.56 Å². The number of allylic oxidation sites excluding steroid dienone is 2. The molecular formula is C9H9NOS. The van der Waals surface area contributed by atoms with Crippen LogP contribution in [-0.2, 0) is 0 Å². The fourth-order valence-electron chi connectivity index (χ4n) is 0.830. The Bertz CT molecular complexity index is 450. The maximum Gasteiger partial charge on any atom is 0.265 e. The van der Waals surface area contributed by atoms with Gasteiger partial charge in [0.05, 0.1) is 9.75 Å². The zero-order valence-corrected chi connectivity index (χ0v) is 7.36. The number of hydrogen-bond donors (Lipinski definition) is 1. The van der Waals surface area contributed by atoms with Crippen LogP contribution in [0.5, 0.6) is 0 Å². The summed E-state index contributed by atoms with van der Waals surface area (Å²) >= 11 is 1.30. The predicted molar refractivity (Wildman–Crippen MR) is 53.5 cm³/mol. The lowest BCUT2D eigenvalue weighted by atomic mass is 10.4. The molecule has 0 unspecified atom stereocenters. The molecule has 0 aliphatic carbocycles. The van der Waals surface area contributed by atoms with E-state index in [1.165, 1.54) is 11.5 Å². The Labute approximate surface area is 74.0 Å². The van der Waals surface area contributed by atoms with Crippen LogP contribution >= 0.6 is 11.5 Å². The van der Waals surface area contributed by atoms with Crippen LogP contribution in [0, 0.1) is 0 Å². The fraction of sp³-hybridized carbons (Fsp3) is 0. The van der Waals surface area contributed by atoms with Gasteiger partial charge in [0.15, 0.2) is 0 Å². The van der Waals surface area contributed by atoms with Crippen molar-refractivity contribution in [2.75, 3.05) is 0 Å². The highest BCUT2D eigenvalue weighted by molar-refractivity contribution is 7.03. The van der Waals surface area contributed by atoms with Crippen LogP contribution in [0.3, 0.4) is 0 Å². The average molecular weight is 179 g/mol. The Kier molecular flexibility index (Phi) is 2.82. The number of rotatable bonds is 2. The van der Waals surface area contributed by atoms with Crippen molar-refractivity contribution in [3.8, 4) is 0 Å². The smallest absolute Gasteiger partial charge is 0.265 e. The van der Waals surface area contributed by atoms with Crippen LogP contribution in [0.25, 0.3) is 12.2 Å². The quantitative estimate of drug-likeness (QED) is 0.699. The van der Waals surface area contributed by atoms with E-state index in [9.17, 15) is 4.79 Å². The molecule has 1 rings (SSSR count). The van der Waals surface area contributed by atoms with Gasteiger partial charge in [-0.05, 0) is 12.2 Å². The Morgan fingerprint density at radius 2 is 1.92 bits per heavy atom. The van der Waals surface area contributed by atoms with Crippen molar-refractivity contribution in [1.29, 1.82) is 0 Å². The third kappa shape index (κ3) is 1.62. The van der Waals surface area contributed by atoms with Crippen molar-refractivity contribution in [3.05, 3.63) is 45.4 Å². The zero-order chi connectivity index (χ0) is 8.97. The summed E-state index contributed by atoms with van der Waals surface area (Å²) in [5.41, 5.74) is -0.0759. The van der Waals surface area contributed by atoms with Gasteiger partial charge in [-0.1, -0.05) is 36.8 Å². The Balaban J connectivity index is 3.63. The third-order valence-corrected chi connectivity index (χ3v) is 2.18. The molecule has 1 N–H and O–H groups in total. The molecule has 62 valence electrons. The molecule has 12 heavy (non-hydrogen) atoms. The van der Waals surface area contributed by atoms with E-state index in [4.69, 9.17) is 0 Å². The van der Waals surface area contributed by atoms with E-state index in [2.05, 4.69) is 17.5 Å². The van der Waals surface area contributed by atoms with Gasteiger partial charge in [-0.3, -0.25) is 9.17 Å². The molecule has 0 aliphatic heterocycles. The average Bonchev–Trinajstić information content (AvgIpc) is 2.37. The monoisotopic (exact) mass is 179 g/mol. The van der Waals surface area contributed by atoms with E-state index in [1.807, 2.05) is 0 Å². The summed E-state index contributed by atoms with van der Waals surface area (Å²) in [7, 11) is 0. The summed E-state index contributed by atoms with van der Waals surface area (Å²) < 4.78 is 3.52. The molecule has 0 bridgehead atoms. The molecule has 0 aromatic carbocycles. The van der Waals surface area contributed by atoms with Crippen LogP contribution in [0.1, 0.15) is 0 Å². The van der Waals surface area contributed by atoms with E-state index < -0.39 is 0 Å². The molecule has 1 aromatic heterocycles. The number of aromatic amines is 1. The van der Waals surface area contributed by atoms with Gasteiger partial charge in [0.1, 0.15) is 0 Å². The molecule has 0 amide bonds. The second-order valence-corrected chi connectivity index (χ2v) is 2.96. The lowest BCUT2D eigenvalue weighted by Gasteiger charge is -1.71. The van der Waals surface area contributed by atoms with E-state index >= 15 is 0 Å². The summed E-state index contributed by atoms with van der Waals surface area (Å²) in [6.07, 6.45) is 6.72. The van der Waals surface area contributed by atoms with E-state index in [1.54, 1.807) is 24.3 Å². The normalized spacial score (nSPS) is 13.3. The minimum Gasteiger partial charge on any atom is -0.277 e. The minimum absolute atomic E-state index is 0.0759. The van der Waals surface area contributed by atoms with Crippen molar-refractivity contribution in [2.24, 2.45) is 0 Å². The number of aromatic nitrogens is 1. The molecular weight excluding hydrogens is 170 g/mol. The fourth-order valence-corrected chi connectivity index (χ4v) is 1.58. The van der Waals surface area contributed by atoms with Crippen molar-refractivity contribution in [2.45, 2.75) is 0 Å². The SMILES string of the molecule is C=C/C=c1/c(=O)[nH]s/c1=C/C=C. The molecule has 0 saturated heterocycles. The lowest BCUT2D eigenvalue weighted by Crippen LogP contribution is -2.31. The highest BCUT2D eigenvalue weighted by Gasteiger charge is 1.91. The first-order valence-electron chi connectivity index (χ1n) is 3.42. The predicted octanol–water partition coefficient (Wildman–Crippen LogP) is 0.369. The third-order valence-electron chi connectivity index (χ3n) is 1.32. The second-order valence-electron chi connectivity index (χ2n) is 2.12. The molecule has 0 atom stereocenters. The summed E-state index contributed by atoms with van der Waals surface area (Å²) in [5, 5.41) is 0.648. The van der Waals surface area contributed by atoms with Crippen molar-refractivity contribution >= 4 is 23.7 Å². The molecule has 0 aliphatic rings. The van der Waals surface area contributed by atoms with Gasteiger partial charge < -0.3 is 0 Å². The highest BCUT2D eigenvalue weighted by Crippen LogP contribution is 1.71. The molecule has 0 radical (unpaired) electrons. The first-order valence-corrected chi connectivity index (χ1v) is 4.24. The van der Waals surface area contributed by atoms with Gasteiger partial charge in [-0.15, -0.1) is 0 Å². The second kappa shape index (κ2) is 3.88. The molecule has 0 saturated carbocycles. The lowest BCUT2D eigenvalue weighted by molar-refractivity contribution is 1.38. The van der Waals surface area contributed by atoms with Gasteiger partial charge in [0, 0.05) is 0 Å². The van der Waals surface area contributed by atoms with Gasteiger partial charge in [-0.25, -0.2) is 0 Å². The largest absolute Gasteiger partial charge is 0.277 e. The summed E-state index contributed by atoms with van der Waals surface area (Å²) in [5.74, 6) is 0. The van der Waals surface area contributed by atoms with Crippen LogP contribution in [0.15, 0.2) is 30.1 Å². The molecule has 2 nitrogen and oxygen atoms in total. The molecule has 0 spiro atoms. The van der Waals surface area contributed by atoms with E-state index in [0.717, 1.165) is 4.53 Å². The topological polar surface area (TPSA) is 32.9 Å². The summed E-state index contributed by atoms with van der Waals surface area (Å²) in [6, 6.07) is 0. The number of nitrogens with one attached hydrogen (secondary N) is 1. The molecule has 0 fully saturated rings. The minimum atomic E-state index is -0.0759. The number of H-pyrrole nitrogens is 1. The van der Waals surface area contributed by atoms with Crippen molar-refractivity contribution < 1.29 is 0 Å². The molecule has 1 aromatic rings. The van der Waals surface area contributed by atoms with Crippen LogP contribution < -0.4 is 15.3 Å². The van der Waals surface area contributed by atoms with Gasteiger partial charge in [0.2, 0.25) is 0 Å². The summed E-state index contributed by atoms with van der Waals surface area (Å²) in [4.78, 5) is 11.1. The first kappa shape index (κ1) is 8.74. The van der Waals surface area contributed by atoms with E-state index in [-0.39, 0.29) is 5.56 Å². The Hall–Kier alpha value is -1.35. The van der Waals surface area contributed by atoms with E-state index in [0.29, 0.717) is 5.22 Å². The maximum atomic E-state index is 11.1. The maximum absolute atomic E-state index is 11.1. The zero-order valence-electron chi connectivity index (χ0n) is 6.54. The molecule has 1 heterocycles. The van der Waals surface area contributed by atoms with Crippen molar-refractivity contribution in [3.63, 3.8) is 0 Å². The first-order chi connectivity index (χ1) is 5.79. The summed E-state index contributed by atoms with van der Waals surface area (Å²) in [6.45, 7) is 7.10. The van der Waals surface area contributed by atoms with Crippen LogP contribution in [0.2, 0.25) is 0 Å². The Morgan fingerprint density at radius 1 is 1.25 bits per heavy atom. The van der Waals surface area contributed by atoms with Gasteiger partial charge in [-0.2, -0.15) is 0 Å². The molecule has 3 heteroatoms. The van der Waals surface area contributed by atoms with Crippen LogP contribution in [0.4, 0.5) is 0 Å². The van der Waals surface area contributed by atoms with Gasteiger partial charge >= 0.3 is 0 Å². The standard InChI is InChI=1S/C9H9NOS/c1-3-5-7-8(6-4-2)12-10-9(7)11/h3-6H,1-2H2,(H,10,11)/b7-5+,8-6+. The van der Waals surface area contributed by atoms with Crippen molar-refractivity contribution in [1.82, 2.24) is 4.37 Å². The number of hydrogen-bond acceptors (Lipinski definition) is 2. The Morgan fingerprint density at radius 3 is 2.50 bits per heavy atom.